The van der Waals surface area contributed by atoms with Gasteiger partial charge in [-0.3, -0.25) is 4.79 Å². The lowest BCUT2D eigenvalue weighted by molar-refractivity contribution is -0.120. The average Bonchev–Trinajstić information content (AvgIpc) is 3.33. The number of benzene rings is 2. The Morgan fingerprint density at radius 1 is 1.04 bits per heavy atom. The molecule has 3 aromatic rings. The smallest absolute Gasteiger partial charge is 0.224 e. The van der Waals surface area contributed by atoms with Gasteiger partial charge < -0.3 is 15.2 Å². The first kappa shape index (κ1) is 16.7. The van der Waals surface area contributed by atoms with E-state index in [0.717, 1.165) is 30.6 Å². The predicted octanol–water partition coefficient (Wildman–Crippen LogP) is 3.67. The maximum Gasteiger partial charge on any atom is 0.224 e. The van der Waals surface area contributed by atoms with Crippen LogP contribution < -0.4 is 10.2 Å². The molecule has 0 aliphatic carbocycles. The van der Waals surface area contributed by atoms with E-state index < -0.39 is 0 Å². The molecule has 0 bridgehead atoms. The van der Waals surface area contributed by atoms with Gasteiger partial charge in [-0.2, -0.15) is 0 Å². The average molecular weight is 347 g/mol. The van der Waals surface area contributed by atoms with Gasteiger partial charge in [0.15, 0.2) is 0 Å². The van der Waals surface area contributed by atoms with Crippen molar-refractivity contribution >= 4 is 22.5 Å². The molecule has 1 aliphatic heterocycles. The zero-order valence-electron chi connectivity index (χ0n) is 15.0. The summed E-state index contributed by atoms with van der Waals surface area (Å²) in [6.45, 7) is 2.95. The van der Waals surface area contributed by atoms with Gasteiger partial charge in [0.05, 0.1) is 6.42 Å². The van der Waals surface area contributed by atoms with Crippen LogP contribution in [0.1, 0.15) is 24.0 Å². The monoisotopic (exact) mass is 347 g/mol. The zero-order chi connectivity index (χ0) is 17.8. The molecule has 2 heterocycles. The standard InChI is InChI=1S/C22H25N3O/c26-22(15-17-7-9-19(10-8-17)25-13-3-4-14-25)23-12-11-18-16-24-21-6-2-1-5-20(18)21/h1-2,5-10,16,24H,3-4,11-15H2,(H,23,26). The lowest BCUT2D eigenvalue weighted by Gasteiger charge is -2.17. The van der Waals surface area contributed by atoms with Crippen molar-refractivity contribution in [3.63, 3.8) is 0 Å². The molecule has 0 spiro atoms. The van der Waals surface area contributed by atoms with E-state index in [9.17, 15) is 4.79 Å². The number of nitrogens with zero attached hydrogens (tertiary/aromatic N) is 1. The van der Waals surface area contributed by atoms with E-state index in [1.807, 2.05) is 18.3 Å². The van der Waals surface area contributed by atoms with Crippen LogP contribution in [0.15, 0.2) is 54.7 Å². The minimum Gasteiger partial charge on any atom is -0.372 e. The molecular formula is C22H25N3O. The summed E-state index contributed by atoms with van der Waals surface area (Å²) in [5, 5.41) is 4.28. The summed E-state index contributed by atoms with van der Waals surface area (Å²) < 4.78 is 0. The molecule has 0 unspecified atom stereocenters. The third kappa shape index (κ3) is 3.74. The van der Waals surface area contributed by atoms with Crippen LogP contribution in [0.25, 0.3) is 10.9 Å². The first-order valence-electron chi connectivity index (χ1n) is 9.45. The van der Waals surface area contributed by atoms with Crippen LogP contribution in [0.5, 0.6) is 0 Å². The van der Waals surface area contributed by atoms with Crippen molar-refractivity contribution in [1.82, 2.24) is 10.3 Å². The van der Waals surface area contributed by atoms with Crippen LogP contribution in [0.2, 0.25) is 0 Å². The second kappa shape index (κ2) is 7.65. The Kier molecular flexibility index (Phi) is 4.91. The molecule has 1 amide bonds. The van der Waals surface area contributed by atoms with Gasteiger partial charge in [0.2, 0.25) is 5.91 Å². The first-order chi connectivity index (χ1) is 12.8. The van der Waals surface area contributed by atoms with Crippen LogP contribution >= 0.6 is 0 Å². The number of H-pyrrole nitrogens is 1. The van der Waals surface area contributed by atoms with Crippen molar-refractivity contribution in [2.45, 2.75) is 25.7 Å². The summed E-state index contributed by atoms with van der Waals surface area (Å²) in [5.74, 6) is 0.0822. The topological polar surface area (TPSA) is 48.1 Å². The molecule has 2 N–H and O–H groups in total. The molecule has 4 heteroatoms. The predicted molar refractivity (Wildman–Crippen MR) is 107 cm³/mol. The van der Waals surface area contributed by atoms with Crippen molar-refractivity contribution in [1.29, 1.82) is 0 Å². The lowest BCUT2D eigenvalue weighted by Crippen LogP contribution is -2.27. The third-order valence-electron chi connectivity index (χ3n) is 5.16. The number of hydrogen-bond acceptors (Lipinski definition) is 2. The molecule has 1 aromatic heterocycles. The molecule has 0 atom stereocenters. The van der Waals surface area contributed by atoms with Gasteiger partial charge >= 0.3 is 0 Å². The molecule has 26 heavy (non-hydrogen) atoms. The van der Waals surface area contributed by atoms with Gasteiger partial charge in [-0.25, -0.2) is 0 Å². The Hall–Kier alpha value is -2.75. The van der Waals surface area contributed by atoms with E-state index in [4.69, 9.17) is 0 Å². The summed E-state index contributed by atoms with van der Waals surface area (Å²) >= 11 is 0. The number of carbonyl (C=O) groups excluding carboxylic acids is 1. The fourth-order valence-electron chi connectivity index (χ4n) is 3.72. The van der Waals surface area contributed by atoms with E-state index in [-0.39, 0.29) is 5.91 Å². The quantitative estimate of drug-likeness (QED) is 0.715. The number of para-hydroxylation sites is 1. The Morgan fingerprint density at radius 2 is 1.81 bits per heavy atom. The number of aromatic amines is 1. The summed E-state index contributed by atoms with van der Waals surface area (Å²) in [4.78, 5) is 17.9. The fourth-order valence-corrected chi connectivity index (χ4v) is 3.72. The summed E-state index contributed by atoms with van der Waals surface area (Å²) in [5.41, 5.74) is 4.73. The van der Waals surface area contributed by atoms with E-state index in [2.05, 4.69) is 51.6 Å². The minimum atomic E-state index is 0.0822. The normalized spacial score (nSPS) is 14.1. The number of anilines is 1. The maximum atomic E-state index is 12.2. The number of carbonyl (C=O) groups is 1. The number of aromatic nitrogens is 1. The van der Waals surface area contributed by atoms with Crippen LogP contribution in [0.3, 0.4) is 0 Å². The highest BCUT2D eigenvalue weighted by atomic mass is 16.1. The van der Waals surface area contributed by atoms with Crippen molar-refractivity contribution in [2.24, 2.45) is 0 Å². The largest absolute Gasteiger partial charge is 0.372 e. The van der Waals surface area contributed by atoms with Crippen molar-refractivity contribution in [2.75, 3.05) is 24.5 Å². The number of rotatable bonds is 6. The number of nitrogens with one attached hydrogen (secondary N) is 2. The van der Waals surface area contributed by atoms with Gasteiger partial charge in [0.1, 0.15) is 0 Å². The van der Waals surface area contributed by atoms with Gasteiger partial charge in [0, 0.05) is 42.4 Å². The number of hydrogen-bond donors (Lipinski definition) is 2. The fraction of sp³-hybridized carbons (Fsp3) is 0.318. The highest BCUT2D eigenvalue weighted by Crippen LogP contribution is 2.20. The van der Waals surface area contributed by atoms with Crippen molar-refractivity contribution < 1.29 is 4.79 Å². The molecule has 4 rings (SSSR count). The Morgan fingerprint density at radius 3 is 2.62 bits per heavy atom. The van der Waals surface area contributed by atoms with E-state index >= 15 is 0 Å². The second-order valence-corrected chi connectivity index (χ2v) is 7.00. The third-order valence-corrected chi connectivity index (χ3v) is 5.16. The van der Waals surface area contributed by atoms with Crippen LogP contribution in [-0.2, 0) is 17.6 Å². The van der Waals surface area contributed by atoms with Crippen molar-refractivity contribution in [3.05, 3.63) is 65.9 Å². The molecule has 1 aliphatic rings. The molecule has 2 aromatic carbocycles. The summed E-state index contributed by atoms with van der Waals surface area (Å²) in [7, 11) is 0. The zero-order valence-corrected chi connectivity index (χ0v) is 15.0. The van der Waals surface area contributed by atoms with E-state index in [1.165, 1.54) is 29.5 Å². The molecule has 4 nitrogen and oxygen atoms in total. The van der Waals surface area contributed by atoms with Gasteiger partial charge in [-0.05, 0) is 48.6 Å². The molecule has 1 saturated heterocycles. The second-order valence-electron chi connectivity index (χ2n) is 7.00. The highest BCUT2D eigenvalue weighted by molar-refractivity contribution is 5.83. The minimum absolute atomic E-state index is 0.0822. The summed E-state index contributed by atoms with van der Waals surface area (Å²) in [6, 6.07) is 16.7. The molecule has 0 saturated carbocycles. The van der Waals surface area contributed by atoms with Gasteiger partial charge in [-0.15, -0.1) is 0 Å². The Balaban J connectivity index is 1.27. The first-order valence-corrected chi connectivity index (χ1v) is 9.45. The number of fused-ring (bicyclic) bond motifs is 1. The van der Waals surface area contributed by atoms with Gasteiger partial charge in [-0.1, -0.05) is 30.3 Å². The Bertz CT molecular complexity index is 876. The molecule has 0 radical (unpaired) electrons. The van der Waals surface area contributed by atoms with Crippen LogP contribution in [-0.4, -0.2) is 30.5 Å². The Labute approximate surface area is 154 Å². The SMILES string of the molecule is O=C(Cc1ccc(N2CCCC2)cc1)NCCc1c[nH]c2ccccc12. The summed E-state index contributed by atoms with van der Waals surface area (Å²) in [6.07, 6.45) is 5.87. The molecular weight excluding hydrogens is 322 g/mol. The van der Waals surface area contributed by atoms with Crippen LogP contribution in [0.4, 0.5) is 5.69 Å². The maximum absolute atomic E-state index is 12.2. The lowest BCUT2D eigenvalue weighted by atomic mass is 10.1. The van der Waals surface area contributed by atoms with Crippen LogP contribution in [0, 0.1) is 0 Å². The number of amides is 1. The molecule has 1 fully saturated rings. The highest BCUT2D eigenvalue weighted by Gasteiger charge is 2.12. The van der Waals surface area contributed by atoms with E-state index in [1.54, 1.807) is 0 Å². The van der Waals surface area contributed by atoms with Crippen molar-refractivity contribution in [3.8, 4) is 0 Å². The van der Waals surface area contributed by atoms with Gasteiger partial charge in [0.25, 0.3) is 0 Å². The molecule has 134 valence electrons. The van der Waals surface area contributed by atoms with E-state index in [0.29, 0.717) is 13.0 Å².